The molecule has 0 bridgehead atoms. The quantitative estimate of drug-likeness (QED) is 0.834. The van der Waals surface area contributed by atoms with Crippen LogP contribution in [-0.2, 0) is 4.74 Å². The lowest BCUT2D eigenvalue weighted by Crippen LogP contribution is -2.17. The molecule has 0 aliphatic carbocycles. The van der Waals surface area contributed by atoms with Crippen molar-refractivity contribution in [3.8, 4) is 6.07 Å². The first-order valence-corrected chi connectivity index (χ1v) is 7.24. The number of imidazole rings is 1. The second-order valence-electron chi connectivity index (χ2n) is 5.60. The molecule has 1 saturated heterocycles. The number of nitriles is 1. The lowest BCUT2D eigenvalue weighted by molar-refractivity contribution is 0.00713. The molecule has 0 spiro atoms. The van der Waals surface area contributed by atoms with Crippen LogP contribution in [0.4, 0.5) is 0 Å². The molecule has 2 aromatic rings. The maximum atomic E-state index is 9.02. The average Bonchev–Trinajstić information content (AvgIpc) is 2.86. The zero-order chi connectivity index (χ0) is 14.1. The highest BCUT2D eigenvalue weighted by atomic mass is 16.5. The Morgan fingerprint density at radius 2 is 2.25 bits per heavy atom. The summed E-state index contributed by atoms with van der Waals surface area (Å²) in [6.45, 7) is 5.13. The summed E-state index contributed by atoms with van der Waals surface area (Å²) in [4.78, 5) is 4.75. The highest BCUT2D eigenvalue weighted by Crippen LogP contribution is 2.32. The summed E-state index contributed by atoms with van der Waals surface area (Å²) in [6, 6.07) is 8.21. The topological polar surface area (TPSA) is 50.8 Å². The lowest BCUT2D eigenvalue weighted by Gasteiger charge is -2.24. The van der Waals surface area contributed by atoms with Gasteiger partial charge in [0, 0.05) is 12.6 Å². The van der Waals surface area contributed by atoms with Crippen LogP contribution in [-0.4, -0.2) is 16.2 Å². The Kier molecular flexibility index (Phi) is 3.45. The monoisotopic (exact) mass is 269 g/mol. The molecule has 0 amide bonds. The van der Waals surface area contributed by atoms with E-state index in [0.29, 0.717) is 11.6 Å². The van der Waals surface area contributed by atoms with Gasteiger partial charge >= 0.3 is 0 Å². The smallest absolute Gasteiger partial charge is 0.139 e. The van der Waals surface area contributed by atoms with E-state index in [4.69, 9.17) is 15.0 Å². The van der Waals surface area contributed by atoms with Gasteiger partial charge in [-0.3, -0.25) is 0 Å². The Hall–Kier alpha value is -1.86. The normalized spacial score (nSPS) is 19.4. The molecular weight excluding hydrogens is 250 g/mol. The molecule has 1 aliphatic rings. The van der Waals surface area contributed by atoms with Crippen LogP contribution in [0.3, 0.4) is 0 Å². The number of hydrogen-bond acceptors (Lipinski definition) is 3. The highest BCUT2D eigenvalue weighted by Gasteiger charge is 2.24. The molecule has 2 heterocycles. The minimum absolute atomic E-state index is 0.0871. The van der Waals surface area contributed by atoms with E-state index in [1.807, 2.05) is 18.2 Å². The fourth-order valence-corrected chi connectivity index (χ4v) is 2.90. The van der Waals surface area contributed by atoms with Crippen LogP contribution in [0, 0.1) is 11.3 Å². The van der Waals surface area contributed by atoms with Gasteiger partial charge in [-0.05, 0) is 51.3 Å². The van der Waals surface area contributed by atoms with E-state index in [2.05, 4.69) is 24.5 Å². The number of nitrogens with zero attached hydrogens (tertiary/aromatic N) is 3. The number of fused-ring (bicyclic) bond motifs is 1. The zero-order valence-electron chi connectivity index (χ0n) is 12.0. The third-order valence-electron chi connectivity index (χ3n) is 3.83. The lowest BCUT2D eigenvalue weighted by atomic mass is 10.1. The largest absolute Gasteiger partial charge is 0.370 e. The second-order valence-corrected chi connectivity index (χ2v) is 5.60. The third kappa shape index (κ3) is 2.19. The van der Waals surface area contributed by atoms with Crippen LogP contribution < -0.4 is 0 Å². The van der Waals surface area contributed by atoms with Crippen molar-refractivity contribution in [2.45, 2.75) is 45.3 Å². The van der Waals surface area contributed by atoms with Crippen molar-refractivity contribution in [2.75, 3.05) is 6.61 Å². The number of ether oxygens (including phenoxy) is 1. The Bertz CT molecular complexity index is 660. The van der Waals surface area contributed by atoms with Crippen LogP contribution in [0.2, 0.25) is 0 Å². The predicted octanol–water partition coefficient (Wildman–Crippen LogP) is 3.73. The van der Waals surface area contributed by atoms with Crippen molar-refractivity contribution in [2.24, 2.45) is 0 Å². The van der Waals surface area contributed by atoms with Crippen molar-refractivity contribution in [1.82, 2.24) is 9.55 Å². The number of aromatic nitrogens is 2. The van der Waals surface area contributed by atoms with E-state index in [1.54, 1.807) is 0 Å². The first kappa shape index (κ1) is 13.1. The summed E-state index contributed by atoms with van der Waals surface area (Å²) >= 11 is 0. The van der Waals surface area contributed by atoms with E-state index in [-0.39, 0.29) is 6.10 Å². The SMILES string of the molecule is CC(C)n1c(C2CCCCO2)nc2cc(C#N)ccc21. The van der Waals surface area contributed by atoms with Gasteiger partial charge < -0.3 is 9.30 Å². The molecule has 0 N–H and O–H groups in total. The Labute approximate surface area is 119 Å². The minimum atomic E-state index is 0.0871. The molecule has 1 aliphatic heterocycles. The van der Waals surface area contributed by atoms with Crippen molar-refractivity contribution in [3.63, 3.8) is 0 Å². The van der Waals surface area contributed by atoms with Crippen LogP contribution in [0.25, 0.3) is 11.0 Å². The van der Waals surface area contributed by atoms with E-state index < -0.39 is 0 Å². The molecular formula is C16H19N3O. The fraction of sp³-hybridized carbons (Fsp3) is 0.500. The minimum Gasteiger partial charge on any atom is -0.370 e. The van der Waals surface area contributed by atoms with Crippen molar-refractivity contribution in [3.05, 3.63) is 29.6 Å². The first-order valence-electron chi connectivity index (χ1n) is 7.24. The van der Waals surface area contributed by atoms with Gasteiger partial charge in [-0.25, -0.2) is 4.98 Å². The molecule has 0 radical (unpaired) electrons. The number of benzene rings is 1. The second kappa shape index (κ2) is 5.26. The summed E-state index contributed by atoms with van der Waals surface area (Å²) in [7, 11) is 0. The molecule has 4 heteroatoms. The molecule has 1 fully saturated rings. The summed E-state index contributed by atoms with van der Waals surface area (Å²) in [5, 5.41) is 9.02. The molecule has 3 rings (SSSR count). The van der Waals surface area contributed by atoms with Crippen molar-refractivity contribution < 1.29 is 4.74 Å². The Morgan fingerprint density at radius 1 is 1.40 bits per heavy atom. The molecule has 20 heavy (non-hydrogen) atoms. The summed E-state index contributed by atoms with van der Waals surface area (Å²) in [5.41, 5.74) is 2.63. The van der Waals surface area contributed by atoms with Crippen molar-refractivity contribution >= 4 is 11.0 Å². The number of hydrogen-bond donors (Lipinski definition) is 0. The maximum Gasteiger partial charge on any atom is 0.139 e. The zero-order valence-corrected chi connectivity index (χ0v) is 12.0. The van der Waals surface area contributed by atoms with Crippen molar-refractivity contribution in [1.29, 1.82) is 5.26 Å². The molecule has 1 aromatic carbocycles. The van der Waals surface area contributed by atoms with E-state index in [9.17, 15) is 0 Å². The molecule has 0 saturated carbocycles. The van der Waals surface area contributed by atoms with Crippen LogP contribution >= 0.6 is 0 Å². The highest BCUT2D eigenvalue weighted by molar-refractivity contribution is 5.78. The maximum absolute atomic E-state index is 9.02. The molecule has 1 atom stereocenters. The van der Waals surface area contributed by atoms with Crippen LogP contribution in [0.15, 0.2) is 18.2 Å². The molecule has 1 aromatic heterocycles. The standard InChI is InChI=1S/C16H19N3O/c1-11(2)19-14-7-6-12(10-17)9-13(14)18-16(19)15-5-3-4-8-20-15/h6-7,9,11,15H,3-5,8H2,1-2H3. The van der Waals surface area contributed by atoms with E-state index in [0.717, 1.165) is 36.3 Å². The molecule has 4 nitrogen and oxygen atoms in total. The van der Waals surface area contributed by atoms with Gasteiger partial charge in [0.2, 0.25) is 0 Å². The Morgan fingerprint density at radius 3 is 2.90 bits per heavy atom. The van der Waals surface area contributed by atoms with Gasteiger partial charge in [0.1, 0.15) is 11.9 Å². The van der Waals surface area contributed by atoms with Gasteiger partial charge in [-0.15, -0.1) is 0 Å². The van der Waals surface area contributed by atoms with E-state index in [1.165, 1.54) is 6.42 Å². The van der Waals surface area contributed by atoms with Gasteiger partial charge in [0.15, 0.2) is 0 Å². The Balaban J connectivity index is 2.14. The number of rotatable bonds is 2. The summed E-state index contributed by atoms with van der Waals surface area (Å²) in [5.74, 6) is 1.00. The molecule has 104 valence electrons. The molecule has 1 unspecified atom stereocenters. The van der Waals surface area contributed by atoms with Crippen LogP contribution in [0.5, 0.6) is 0 Å². The van der Waals surface area contributed by atoms with Gasteiger partial charge in [-0.1, -0.05) is 0 Å². The third-order valence-corrected chi connectivity index (χ3v) is 3.83. The van der Waals surface area contributed by atoms with E-state index >= 15 is 0 Å². The van der Waals surface area contributed by atoms with Gasteiger partial charge in [0.25, 0.3) is 0 Å². The van der Waals surface area contributed by atoms with Gasteiger partial charge in [-0.2, -0.15) is 5.26 Å². The van der Waals surface area contributed by atoms with Gasteiger partial charge in [0.05, 0.1) is 22.7 Å². The first-order chi connectivity index (χ1) is 9.70. The predicted molar refractivity (Wildman–Crippen MR) is 77.4 cm³/mol. The average molecular weight is 269 g/mol. The fourth-order valence-electron chi connectivity index (χ4n) is 2.90. The summed E-state index contributed by atoms with van der Waals surface area (Å²) in [6.07, 6.45) is 3.44. The summed E-state index contributed by atoms with van der Waals surface area (Å²) < 4.78 is 8.14. The van der Waals surface area contributed by atoms with Crippen LogP contribution in [0.1, 0.15) is 56.6 Å².